The Hall–Kier alpha value is -0.610. The van der Waals surface area contributed by atoms with Crippen LogP contribution in [0.25, 0.3) is 0 Å². The molecular weight excluding hydrogens is 226 g/mol. The van der Waals surface area contributed by atoms with Crippen molar-refractivity contribution >= 4 is 5.84 Å². The Morgan fingerprint density at radius 1 is 1.44 bits per heavy atom. The Labute approximate surface area is 111 Å². The van der Waals surface area contributed by atoms with E-state index in [9.17, 15) is 0 Å². The minimum Gasteiger partial charge on any atom is -0.387 e. The van der Waals surface area contributed by atoms with Crippen LogP contribution in [0.1, 0.15) is 46.5 Å². The summed E-state index contributed by atoms with van der Waals surface area (Å²) < 4.78 is 5.66. The van der Waals surface area contributed by atoms with Crippen molar-refractivity contribution in [2.45, 2.75) is 52.6 Å². The summed E-state index contributed by atoms with van der Waals surface area (Å²) in [4.78, 5) is 2.50. The van der Waals surface area contributed by atoms with E-state index in [2.05, 4.69) is 25.7 Å². The molecule has 1 fully saturated rings. The number of hydrogen-bond donors (Lipinski definition) is 2. The first-order chi connectivity index (χ1) is 8.45. The third-order valence-electron chi connectivity index (χ3n) is 3.93. The quantitative estimate of drug-likeness (QED) is 0.416. The van der Waals surface area contributed by atoms with Crippen LogP contribution in [0.2, 0.25) is 0 Å². The number of amidine groups is 1. The molecule has 1 aliphatic rings. The lowest BCUT2D eigenvalue weighted by molar-refractivity contribution is -0.0300. The second-order valence-corrected chi connectivity index (χ2v) is 5.96. The van der Waals surface area contributed by atoms with Gasteiger partial charge in [0.15, 0.2) is 0 Å². The van der Waals surface area contributed by atoms with E-state index in [1.807, 2.05) is 0 Å². The van der Waals surface area contributed by atoms with Gasteiger partial charge in [-0.1, -0.05) is 27.2 Å². The smallest absolute Gasteiger partial charge is 0.0963 e. The van der Waals surface area contributed by atoms with E-state index in [1.54, 1.807) is 0 Å². The minimum atomic E-state index is -0.142. The van der Waals surface area contributed by atoms with Crippen molar-refractivity contribution in [1.29, 1.82) is 5.41 Å². The number of nitrogens with two attached hydrogens (primary N) is 1. The number of ether oxygens (including phenoxy) is 1. The number of nitrogens with zero attached hydrogens (tertiary/aromatic N) is 1. The molecule has 0 aliphatic carbocycles. The summed E-state index contributed by atoms with van der Waals surface area (Å²) in [5.41, 5.74) is 5.45. The maximum absolute atomic E-state index is 7.53. The third-order valence-corrected chi connectivity index (χ3v) is 3.93. The van der Waals surface area contributed by atoms with Crippen molar-refractivity contribution in [2.24, 2.45) is 11.1 Å². The average molecular weight is 255 g/mol. The molecule has 0 aromatic heterocycles. The van der Waals surface area contributed by atoms with Crippen LogP contribution in [0.15, 0.2) is 0 Å². The SMILES string of the molecule is CCC1CN(CCCCC(C)(C)C(=N)N)CCO1. The summed E-state index contributed by atoms with van der Waals surface area (Å²) in [6.07, 6.45) is 4.86. The lowest BCUT2D eigenvalue weighted by atomic mass is 9.86. The zero-order chi connectivity index (χ0) is 13.6. The first-order valence-electron chi connectivity index (χ1n) is 7.14. The zero-order valence-electron chi connectivity index (χ0n) is 12.2. The summed E-state index contributed by atoms with van der Waals surface area (Å²) in [5.74, 6) is 0.305. The number of morpholine rings is 1. The number of nitrogens with one attached hydrogen (secondary N) is 1. The zero-order valence-corrected chi connectivity index (χ0v) is 12.2. The van der Waals surface area contributed by atoms with Crippen molar-refractivity contribution in [2.75, 3.05) is 26.2 Å². The fourth-order valence-electron chi connectivity index (χ4n) is 2.27. The van der Waals surface area contributed by atoms with Gasteiger partial charge >= 0.3 is 0 Å². The molecule has 0 aromatic rings. The van der Waals surface area contributed by atoms with Gasteiger partial charge in [-0.15, -0.1) is 0 Å². The van der Waals surface area contributed by atoms with Gasteiger partial charge in [-0.05, 0) is 25.8 Å². The highest BCUT2D eigenvalue weighted by Crippen LogP contribution is 2.22. The van der Waals surface area contributed by atoms with Crippen molar-refractivity contribution in [3.05, 3.63) is 0 Å². The molecule has 0 amide bonds. The normalized spacial score (nSPS) is 22.1. The van der Waals surface area contributed by atoms with Crippen LogP contribution >= 0.6 is 0 Å². The highest BCUT2D eigenvalue weighted by molar-refractivity contribution is 5.82. The highest BCUT2D eigenvalue weighted by atomic mass is 16.5. The molecule has 1 heterocycles. The summed E-state index contributed by atoms with van der Waals surface area (Å²) in [6, 6.07) is 0. The van der Waals surface area contributed by atoms with Gasteiger partial charge in [0.05, 0.1) is 18.5 Å². The van der Waals surface area contributed by atoms with Gasteiger partial charge in [0.1, 0.15) is 0 Å². The average Bonchev–Trinajstić information content (AvgIpc) is 2.35. The van der Waals surface area contributed by atoms with Crippen molar-refractivity contribution in [3.63, 3.8) is 0 Å². The predicted octanol–water partition coefficient (Wildman–Crippen LogP) is 2.23. The maximum Gasteiger partial charge on any atom is 0.0963 e. The molecular formula is C14H29N3O. The van der Waals surface area contributed by atoms with Gasteiger partial charge in [0.25, 0.3) is 0 Å². The van der Waals surface area contributed by atoms with E-state index in [0.717, 1.165) is 45.5 Å². The topological polar surface area (TPSA) is 62.3 Å². The van der Waals surface area contributed by atoms with Gasteiger partial charge in [-0.25, -0.2) is 0 Å². The molecule has 0 saturated carbocycles. The molecule has 1 unspecified atom stereocenters. The highest BCUT2D eigenvalue weighted by Gasteiger charge is 2.22. The summed E-state index contributed by atoms with van der Waals surface area (Å²) in [7, 11) is 0. The first kappa shape index (κ1) is 15.4. The molecule has 0 radical (unpaired) electrons. The summed E-state index contributed by atoms with van der Waals surface area (Å²) in [6.45, 7) is 10.4. The van der Waals surface area contributed by atoms with Crippen LogP contribution in [-0.2, 0) is 4.74 Å². The molecule has 4 nitrogen and oxygen atoms in total. The molecule has 106 valence electrons. The van der Waals surface area contributed by atoms with E-state index < -0.39 is 0 Å². The van der Waals surface area contributed by atoms with Gasteiger partial charge in [0.2, 0.25) is 0 Å². The first-order valence-corrected chi connectivity index (χ1v) is 7.14. The Morgan fingerprint density at radius 2 is 2.17 bits per heavy atom. The second-order valence-electron chi connectivity index (χ2n) is 5.96. The van der Waals surface area contributed by atoms with Crippen molar-refractivity contribution < 1.29 is 4.74 Å². The largest absolute Gasteiger partial charge is 0.387 e. The monoisotopic (exact) mass is 255 g/mol. The minimum absolute atomic E-state index is 0.142. The number of rotatable bonds is 7. The molecule has 1 atom stereocenters. The molecule has 1 rings (SSSR count). The van der Waals surface area contributed by atoms with Gasteiger partial charge in [-0.3, -0.25) is 10.3 Å². The van der Waals surface area contributed by atoms with E-state index in [4.69, 9.17) is 15.9 Å². The Morgan fingerprint density at radius 3 is 2.78 bits per heavy atom. The molecule has 1 aliphatic heterocycles. The van der Waals surface area contributed by atoms with E-state index >= 15 is 0 Å². The Balaban J connectivity index is 2.16. The molecule has 1 saturated heterocycles. The fourth-order valence-corrected chi connectivity index (χ4v) is 2.27. The van der Waals surface area contributed by atoms with Crippen LogP contribution < -0.4 is 5.73 Å². The number of hydrogen-bond acceptors (Lipinski definition) is 3. The number of unbranched alkanes of at least 4 members (excludes halogenated alkanes) is 1. The van der Waals surface area contributed by atoms with E-state index in [0.29, 0.717) is 11.9 Å². The molecule has 4 heteroatoms. The van der Waals surface area contributed by atoms with Crippen molar-refractivity contribution in [1.82, 2.24) is 4.90 Å². The molecule has 18 heavy (non-hydrogen) atoms. The molecule has 0 spiro atoms. The maximum atomic E-state index is 7.53. The van der Waals surface area contributed by atoms with E-state index in [1.165, 1.54) is 6.42 Å². The third kappa shape index (κ3) is 4.94. The fraction of sp³-hybridized carbons (Fsp3) is 0.929. The standard InChI is InChI=1S/C14H29N3O/c1-4-12-11-17(9-10-18-12)8-6-5-7-14(2,3)13(15)16/h12H,4-11H2,1-3H3,(H3,15,16). The van der Waals surface area contributed by atoms with Crippen LogP contribution in [0.3, 0.4) is 0 Å². The predicted molar refractivity (Wildman–Crippen MR) is 76.0 cm³/mol. The van der Waals surface area contributed by atoms with Crippen molar-refractivity contribution in [3.8, 4) is 0 Å². The summed E-state index contributed by atoms with van der Waals surface area (Å²) >= 11 is 0. The van der Waals surface area contributed by atoms with Gasteiger partial charge < -0.3 is 10.5 Å². The molecule has 0 aromatic carbocycles. The van der Waals surface area contributed by atoms with E-state index in [-0.39, 0.29) is 5.41 Å². The Kier molecular flexibility index (Phi) is 6.09. The Bertz CT molecular complexity index is 266. The van der Waals surface area contributed by atoms with Crippen LogP contribution in [0.5, 0.6) is 0 Å². The van der Waals surface area contributed by atoms with Crippen LogP contribution in [-0.4, -0.2) is 43.1 Å². The second kappa shape index (κ2) is 7.10. The lowest BCUT2D eigenvalue weighted by Gasteiger charge is -2.32. The van der Waals surface area contributed by atoms with Gasteiger partial charge in [0, 0.05) is 18.5 Å². The van der Waals surface area contributed by atoms with Gasteiger partial charge in [-0.2, -0.15) is 0 Å². The molecule has 3 N–H and O–H groups in total. The summed E-state index contributed by atoms with van der Waals surface area (Å²) in [5, 5.41) is 7.53. The van der Waals surface area contributed by atoms with Crippen LogP contribution in [0.4, 0.5) is 0 Å². The molecule has 0 bridgehead atoms. The lowest BCUT2D eigenvalue weighted by Crippen LogP contribution is -2.42. The van der Waals surface area contributed by atoms with Crippen LogP contribution in [0, 0.1) is 10.8 Å².